The van der Waals surface area contributed by atoms with Crippen LogP contribution in [0.4, 0.5) is 5.69 Å². The average Bonchev–Trinajstić information content (AvgIpc) is 2.88. The number of nitrogens with zero attached hydrogens (tertiary/aromatic N) is 1. The minimum absolute atomic E-state index is 0.0823. The molecule has 3 aromatic carbocycles. The predicted octanol–water partition coefficient (Wildman–Crippen LogP) is 5.33. The van der Waals surface area contributed by atoms with Gasteiger partial charge in [0.15, 0.2) is 11.5 Å². The maximum absolute atomic E-state index is 14.0. The number of pyridine rings is 1. The Hall–Kier alpha value is -4.26. The molecule has 0 bridgehead atoms. The zero-order valence-electron chi connectivity index (χ0n) is 21.4. The number of benzene rings is 3. The Bertz CT molecular complexity index is 1480. The Morgan fingerprint density at radius 2 is 1.50 bits per heavy atom. The number of carbonyl (C=O) groups excluding carboxylic acids is 1. The van der Waals surface area contributed by atoms with Gasteiger partial charge in [-0.05, 0) is 67.1 Å². The second-order valence-electron chi connectivity index (χ2n) is 8.69. The van der Waals surface area contributed by atoms with Crippen LogP contribution < -0.4 is 24.7 Å². The van der Waals surface area contributed by atoms with Crippen LogP contribution in [0.2, 0.25) is 0 Å². The highest BCUT2D eigenvalue weighted by atomic mass is 16.5. The van der Waals surface area contributed by atoms with Crippen molar-refractivity contribution in [3.05, 3.63) is 92.8 Å². The number of hydrogen-bond donors (Lipinski definition) is 1. The maximum atomic E-state index is 14.0. The minimum atomic E-state index is -0.299. The Morgan fingerprint density at radius 3 is 2.14 bits per heavy atom. The van der Waals surface area contributed by atoms with E-state index >= 15 is 0 Å². The predicted molar refractivity (Wildman–Crippen MR) is 142 cm³/mol. The molecule has 4 aromatic rings. The quantitative estimate of drug-likeness (QED) is 0.382. The van der Waals surface area contributed by atoms with E-state index in [0.29, 0.717) is 28.4 Å². The molecule has 0 unspecified atom stereocenters. The first-order valence-corrected chi connectivity index (χ1v) is 11.6. The van der Waals surface area contributed by atoms with Crippen LogP contribution in [0.3, 0.4) is 0 Å². The van der Waals surface area contributed by atoms with Crippen molar-refractivity contribution in [3.63, 3.8) is 0 Å². The molecule has 7 nitrogen and oxygen atoms in total. The summed E-state index contributed by atoms with van der Waals surface area (Å²) in [5, 5.41) is 0.908. The van der Waals surface area contributed by atoms with E-state index in [4.69, 9.17) is 14.2 Å². The number of aromatic amines is 1. The van der Waals surface area contributed by atoms with Crippen molar-refractivity contribution in [2.24, 2.45) is 0 Å². The molecule has 1 N–H and O–H groups in total. The summed E-state index contributed by atoms with van der Waals surface area (Å²) < 4.78 is 16.3. The van der Waals surface area contributed by atoms with Gasteiger partial charge in [-0.1, -0.05) is 30.3 Å². The number of anilines is 1. The summed E-state index contributed by atoms with van der Waals surface area (Å²) in [7, 11) is 4.52. The highest BCUT2D eigenvalue weighted by molar-refractivity contribution is 6.07. The molecule has 0 fully saturated rings. The van der Waals surface area contributed by atoms with E-state index in [0.717, 1.165) is 33.3 Å². The van der Waals surface area contributed by atoms with Crippen molar-refractivity contribution in [2.45, 2.75) is 27.3 Å². The Balaban J connectivity index is 1.87. The lowest BCUT2D eigenvalue weighted by Crippen LogP contribution is -2.33. The molecule has 0 spiro atoms. The van der Waals surface area contributed by atoms with Gasteiger partial charge in [-0.3, -0.25) is 9.59 Å². The summed E-state index contributed by atoms with van der Waals surface area (Å²) >= 11 is 0. The molecule has 0 atom stereocenters. The third-order valence-electron chi connectivity index (χ3n) is 6.52. The van der Waals surface area contributed by atoms with Crippen LogP contribution in [0.15, 0.2) is 59.4 Å². The molecule has 1 aromatic heterocycles. The molecular weight excluding hydrogens is 456 g/mol. The summed E-state index contributed by atoms with van der Waals surface area (Å²) in [6.45, 7) is 5.99. The van der Waals surface area contributed by atoms with Crippen molar-refractivity contribution < 1.29 is 19.0 Å². The number of para-hydroxylation sites is 1. The van der Waals surface area contributed by atoms with Crippen LogP contribution in [0.1, 0.15) is 32.6 Å². The third-order valence-corrected chi connectivity index (χ3v) is 6.52. The zero-order chi connectivity index (χ0) is 26.0. The lowest BCUT2D eigenvalue weighted by atomic mass is 10.0. The topological polar surface area (TPSA) is 80.9 Å². The fraction of sp³-hybridized carbons (Fsp3) is 0.241. The van der Waals surface area contributed by atoms with Crippen molar-refractivity contribution in [1.82, 2.24) is 4.98 Å². The Labute approximate surface area is 210 Å². The second-order valence-corrected chi connectivity index (χ2v) is 8.69. The molecule has 0 saturated heterocycles. The van der Waals surface area contributed by atoms with Gasteiger partial charge in [-0.2, -0.15) is 0 Å². The Morgan fingerprint density at radius 1 is 0.861 bits per heavy atom. The van der Waals surface area contributed by atoms with Crippen LogP contribution in [0.25, 0.3) is 10.9 Å². The number of methoxy groups -OCH3 is 3. The SMILES string of the molecule is COc1cc(C(=O)N(Cc2cc3cccc(C)c3[nH]c2=O)c2cccc(C)c2C)cc(OC)c1OC. The number of amides is 1. The van der Waals surface area contributed by atoms with E-state index in [-0.39, 0.29) is 18.0 Å². The van der Waals surface area contributed by atoms with Crippen molar-refractivity contribution >= 4 is 22.5 Å². The second kappa shape index (κ2) is 10.2. The molecule has 0 saturated carbocycles. The van der Waals surface area contributed by atoms with Gasteiger partial charge >= 0.3 is 0 Å². The number of aromatic nitrogens is 1. The standard InChI is InChI=1S/C29H30N2O5/c1-17-9-8-12-23(19(17)3)31(16-22-13-20-11-7-10-18(2)26(20)30-28(22)32)29(33)21-14-24(34-4)27(36-6)25(15-21)35-5/h7-15H,16H2,1-6H3,(H,30,32). The Kier molecular flexibility index (Phi) is 7.01. The van der Waals surface area contributed by atoms with E-state index < -0.39 is 0 Å². The van der Waals surface area contributed by atoms with Crippen LogP contribution in [0.5, 0.6) is 17.2 Å². The van der Waals surface area contributed by atoms with Crippen LogP contribution in [-0.2, 0) is 6.54 Å². The number of H-pyrrole nitrogens is 1. The first kappa shape index (κ1) is 24.9. The fourth-order valence-corrected chi connectivity index (χ4v) is 4.37. The number of rotatable bonds is 7. The van der Waals surface area contributed by atoms with Gasteiger partial charge in [0, 0.05) is 16.8 Å². The molecule has 4 rings (SSSR count). The number of fused-ring (bicyclic) bond motifs is 1. The summed E-state index contributed by atoms with van der Waals surface area (Å²) in [6, 6.07) is 16.7. The molecule has 0 aliphatic carbocycles. The molecule has 36 heavy (non-hydrogen) atoms. The number of nitrogens with one attached hydrogen (secondary N) is 1. The fourth-order valence-electron chi connectivity index (χ4n) is 4.37. The van der Waals surface area contributed by atoms with Gasteiger partial charge in [0.2, 0.25) is 5.75 Å². The van der Waals surface area contributed by atoms with Crippen molar-refractivity contribution in [2.75, 3.05) is 26.2 Å². The van der Waals surface area contributed by atoms with Gasteiger partial charge < -0.3 is 24.1 Å². The van der Waals surface area contributed by atoms with Gasteiger partial charge in [0.25, 0.3) is 11.5 Å². The summed E-state index contributed by atoms with van der Waals surface area (Å²) in [6.07, 6.45) is 0. The molecule has 0 aliphatic rings. The van der Waals surface area contributed by atoms with Gasteiger partial charge in [-0.15, -0.1) is 0 Å². The summed E-state index contributed by atoms with van der Waals surface area (Å²) in [5.74, 6) is 0.850. The molecule has 186 valence electrons. The van der Waals surface area contributed by atoms with Gasteiger partial charge in [0.05, 0.1) is 33.4 Å². The van der Waals surface area contributed by atoms with Gasteiger partial charge in [-0.25, -0.2) is 0 Å². The maximum Gasteiger partial charge on any atom is 0.258 e. The molecule has 1 heterocycles. The zero-order valence-corrected chi connectivity index (χ0v) is 21.4. The normalized spacial score (nSPS) is 10.8. The summed E-state index contributed by atoms with van der Waals surface area (Å²) in [4.78, 5) is 31.7. The number of hydrogen-bond acceptors (Lipinski definition) is 5. The van der Waals surface area contributed by atoms with Crippen LogP contribution in [-0.4, -0.2) is 32.2 Å². The smallest absolute Gasteiger partial charge is 0.258 e. The third kappa shape index (κ3) is 4.52. The molecule has 0 radical (unpaired) electrons. The lowest BCUT2D eigenvalue weighted by molar-refractivity contribution is 0.0984. The number of carbonyl (C=O) groups is 1. The first-order valence-electron chi connectivity index (χ1n) is 11.6. The summed E-state index contributed by atoms with van der Waals surface area (Å²) in [5.41, 5.74) is 5.08. The van der Waals surface area contributed by atoms with Crippen molar-refractivity contribution in [3.8, 4) is 17.2 Å². The molecular formula is C29H30N2O5. The van der Waals surface area contributed by atoms with E-state index in [9.17, 15) is 9.59 Å². The van der Waals surface area contributed by atoms with E-state index in [1.807, 2.05) is 63.2 Å². The highest BCUT2D eigenvalue weighted by Gasteiger charge is 2.25. The van der Waals surface area contributed by atoms with Gasteiger partial charge in [0.1, 0.15) is 0 Å². The average molecular weight is 487 g/mol. The number of ether oxygens (including phenoxy) is 3. The molecule has 7 heteroatoms. The monoisotopic (exact) mass is 486 g/mol. The molecule has 0 aliphatic heterocycles. The van der Waals surface area contributed by atoms with Crippen LogP contribution in [0, 0.1) is 20.8 Å². The first-order chi connectivity index (χ1) is 17.3. The molecule has 1 amide bonds. The number of aryl methyl sites for hydroxylation is 2. The lowest BCUT2D eigenvalue weighted by Gasteiger charge is -2.26. The van der Waals surface area contributed by atoms with E-state index in [1.165, 1.54) is 21.3 Å². The highest BCUT2D eigenvalue weighted by Crippen LogP contribution is 2.39. The minimum Gasteiger partial charge on any atom is -0.493 e. The largest absolute Gasteiger partial charge is 0.493 e. The van der Waals surface area contributed by atoms with E-state index in [2.05, 4.69) is 4.98 Å². The van der Waals surface area contributed by atoms with Crippen LogP contribution >= 0.6 is 0 Å². The van der Waals surface area contributed by atoms with E-state index in [1.54, 1.807) is 17.0 Å². The van der Waals surface area contributed by atoms with Crippen molar-refractivity contribution in [1.29, 1.82) is 0 Å².